The molecule has 0 aliphatic heterocycles. The molecule has 0 aliphatic rings. The molecule has 0 saturated heterocycles. The second-order valence-electron chi connectivity index (χ2n) is 2.38. The summed E-state index contributed by atoms with van der Waals surface area (Å²) in [5.41, 5.74) is 5.42. The van der Waals surface area contributed by atoms with Crippen molar-refractivity contribution in [1.82, 2.24) is 10.2 Å². The largest absolute Gasteiger partial charge is 0.422 e. The van der Waals surface area contributed by atoms with Crippen molar-refractivity contribution in [3.8, 4) is 0 Å². The van der Waals surface area contributed by atoms with E-state index in [4.69, 9.17) is 26.9 Å². The highest BCUT2D eigenvalue weighted by atomic mass is 35.5. The van der Waals surface area contributed by atoms with Crippen LogP contribution >= 0.6 is 11.6 Å². The Labute approximate surface area is 74.5 Å². The second-order valence-corrected chi connectivity index (χ2v) is 3.04. The number of rotatable bonds is 3. The summed E-state index contributed by atoms with van der Waals surface area (Å²) < 4.78 is 5.06. The van der Waals surface area contributed by atoms with Gasteiger partial charge in [-0.25, -0.2) is 0 Å². The fraction of sp³-hybridized carbons (Fsp3) is 0.667. The van der Waals surface area contributed by atoms with Gasteiger partial charge in [0, 0.05) is 0 Å². The Morgan fingerprint density at radius 2 is 2.17 bits per heavy atom. The van der Waals surface area contributed by atoms with Crippen LogP contribution in [0, 0.1) is 0 Å². The van der Waals surface area contributed by atoms with Crippen LogP contribution in [0.4, 0.5) is 0 Å². The topological polar surface area (TPSA) is 85.2 Å². The van der Waals surface area contributed by atoms with Crippen molar-refractivity contribution in [2.75, 3.05) is 6.61 Å². The van der Waals surface area contributed by atoms with E-state index < -0.39 is 6.04 Å². The molecular weight excluding hydrogens is 182 g/mol. The first-order valence-electron chi connectivity index (χ1n) is 3.49. The highest BCUT2D eigenvalue weighted by molar-refractivity contribution is 6.20. The van der Waals surface area contributed by atoms with E-state index in [1.807, 2.05) is 0 Å². The van der Waals surface area contributed by atoms with Gasteiger partial charge in [0.2, 0.25) is 11.8 Å². The molecular formula is C6H10ClN3O2. The Bertz CT molecular complexity index is 251. The number of hydrogen-bond donors (Lipinski definition) is 2. The van der Waals surface area contributed by atoms with Gasteiger partial charge in [-0.05, 0) is 6.92 Å². The molecule has 1 aromatic heterocycles. The SMILES string of the molecule is CC(Cl)c1nnc(C(N)CO)o1. The number of aliphatic hydroxyl groups is 1. The van der Waals surface area contributed by atoms with E-state index in [1.165, 1.54) is 0 Å². The lowest BCUT2D eigenvalue weighted by molar-refractivity contribution is 0.246. The number of aliphatic hydroxyl groups excluding tert-OH is 1. The summed E-state index contributed by atoms with van der Waals surface area (Å²) >= 11 is 5.66. The Morgan fingerprint density at radius 3 is 2.58 bits per heavy atom. The zero-order valence-corrected chi connectivity index (χ0v) is 7.32. The predicted octanol–water partition coefficient (Wildman–Crippen LogP) is 0.362. The minimum absolute atomic E-state index is 0.208. The molecule has 6 heteroatoms. The van der Waals surface area contributed by atoms with Crippen molar-refractivity contribution < 1.29 is 9.52 Å². The molecule has 0 fully saturated rings. The maximum absolute atomic E-state index is 8.65. The first-order chi connectivity index (χ1) is 5.65. The summed E-state index contributed by atoms with van der Waals surface area (Å²) in [6.07, 6.45) is 0. The first kappa shape index (κ1) is 9.44. The van der Waals surface area contributed by atoms with Crippen LogP contribution in [-0.2, 0) is 0 Å². The quantitative estimate of drug-likeness (QED) is 0.674. The van der Waals surface area contributed by atoms with E-state index in [0.717, 1.165) is 0 Å². The number of aromatic nitrogens is 2. The summed E-state index contributed by atoms with van der Waals surface area (Å²) in [6, 6.07) is -0.623. The lowest BCUT2D eigenvalue weighted by Gasteiger charge is -1.99. The monoisotopic (exact) mass is 191 g/mol. The van der Waals surface area contributed by atoms with Crippen LogP contribution in [0.1, 0.15) is 30.1 Å². The average Bonchev–Trinajstić information content (AvgIpc) is 2.51. The maximum atomic E-state index is 8.65. The number of nitrogens with two attached hydrogens (primary N) is 1. The van der Waals surface area contributed by atoms with Crippen molar-refractivity contribution >= 4 is 11.6 Å². The molecule has 0 bridgehead atoms. The molecule has 0 saturated carbocycles. The molecule has 0 aliphatic carbocycles. The van der Waals surface area contributed by atoms with Crippen molar-refractivity contribution in [2.24, 2.45) is 5.73 Å². The number of alkyl halides is 1. The van der Waals surface area contributed by atoms with E-state index >= 15 is 0 Å². The molecule has 3 N–H and O–H groups in total. The minimum Gasteiger partial charge on any atom is -0.422 e. The van der Waals surface area contributed by atoms with E-state index in [0.29, 0.717) is 5.89 Å². The van der Waals surface area contributed by atoms with Gasteiger partial charge in [-0.15, -0.1) is 21.8 Å². The summed E-state index contributed by atoms with van der Waals surface area (Å²) in [7, 11) is 0. The number of halogens is 1. The fourth-order valence-corrected chi connectivity index (χ4v) is 0.723. The van der Waals surface area contributed by atoms with Gasteiger partial charge in [0.15, 0.2) is 0 Å². The van der Waals surface area contributed by atoms with Crippen molar-refractivity contribution in [1.29, 1.82) is 0 Å². The number of nitrogens with zero attached hydrogens (tertiary/aromatic N) is 2. The standard InChI is InChI=1S/C6H10ClN3O2/c1-3(7)5-9-10-6(12-5)4(8)2-11/h3-4,11H,2,8H2,1H3. The maximum Gasteiger partial charge on any atom is 0.235 e. The average molecular weight is 192 g/mol. The van der Waals surface area contributed by atoms with E-state index in [2.05, 4.69) is 10.2 Å². The van der Waals surface area contributed by atoms with Gasteiger partial charge in [-0.1, -0.05) is 0 Å². The van der Waals surface area contributed by atoms with Crippen LogP contribution < -0.4 is 5.73 Å². The summed E-state index contributed by atoms with van der Waals surface area (Å²) in [6.45, 7) is 1.49. The van der Waals surface area contributed by atoms with Gasteiger partial charge < -0.3 is 15.3 Å². The molecule has 1 heterocycles. The first-order valence-corrected chi connectivity index (χ1v) is 3.92. The third-order valence-electron chi connectivity index (χ3n) is 1.31. The molecule has 1 aromatic rings. The van der Waals surface area contributed by atoms with Crippen LogP contribution in [0.3, 0.4) is 0 Å². The zero-order chi connectivity index (χ0) is 9.14. The molecule has 0 radical (unpaired) electrons. The minimum atomic E-state index is -0.623. The molecule has 0 amide bonds. The fourth-order valence-electron chi connectivity index (χ4n) is 0.635. The van der Waals surface area contributed by atoms with Gasteiger partial charge in [0.1, 0.15) is 11.4 Å². The molecule has 2 atom stereocenters. The summed E-state index contributed by atoms with van der Waals surface area (Å²) in [5, 5.41) is 15.6. The van der Waals surface area contributed by atoms with E-state index in [-0.39, 0.29) is 17.9 Å². The van der Waals surface area contributed by atoms with Crippen LogP contribution in [-0.4, -0.2) is 21.9 Å². The molecule has 2 unspecified atom stereocenters. The number of hydrogen-bond acceptors (Lipinski definition) is 5. The van der Waals surface area contributed by atoms with Crippen LogP contribution in [0.15, 0.2) is 4.42 Å². The lowest BCUT2D eigenvalue weighted by atomic mass is 10.3. The van der Waals surface area contributed by atoms with Crippen LogP contribution in [0.5, 0.6) is 0 Å². The normalized spacial score (nSPS) is 16.0. The van der Waals surface area contributed by atoms with Crippen LogP contribution in [0.2, 0.25) is 0 Å². The Hall–Kier alpha value is -0.650. The van der Waals surface area contributed by atoms with Gasteiger partial charge in [0.05, 0.1) is 6.61 Å². The Balaban J connectivity index is 2.77. The Kier molecular flexibility index (Phi) is 3.02. The van der Waals surface area contributed by atoms with Gasteiger partial charge >= 0.3 is 0 Å². The Morgan fingerprint density at radius 1 is 1.58 bits per heavy atom. The smallest absolute Gasteiger partial charge is 0.235 e. The van der Waals surface area contributed by atoms with Crippen LogP contribution in [0.25, 0.3) is 0 Å². The summed E-state index contributed by atoms with van der Waals surface area (Å²) in [5.74, 6) is 0.524. The van der Waals surface area contributed by atoms with Crippen molar-refractivity contribution in [3.63, 3.8) is 0 Å². The third kappa shape index (κ3) is 1.94. The molecule has 1 rings (SSSR count). The van der Waals surface area contributed by atoms with Crippen molar-refractivity contribution in [3.05, 3.63) is 11.8 Å². The molecule has 0 aromatic carbocycles. The zero-order valence-electron chi connectivity index (χ0n) is 6.57. The highest BCUT2D eigenvalue weighted by Gasteiger charge is 2.15. The third-order valence-corrected chi connectivity index (χ3v) is 1.50. The lowest BCUT2D eigenvalue weighted by Crippen LogP contribution is -2.14. The molecule has 5 nitrogen and oxygen atoms in total. The molecule has 0 spiro atoms. The molecule has 12 heavy (non-hydrogen) atoms. The van der Waals surface area contributed by atoms with E-state index in [1.54, 1.807) is 6.92 Å². The van der Waals surface area contributed by atoms with Gasteiger partial charge in [-0.3, -0.25) is 0 Å². The van der Waals surface area contributed by atoms with Gasteiger partial charge in [-0.2, -0.15) is 0 Å². The predicted molar refractivity (Wildman–Crippen MR) is 42.6 cm³/mol. The second kappa shape index (κ2) is 3.84. The van der Waals surface area contributed by atoms with Gasteiger partial charge in [0.25, 0.3) is 0 Å². The molecule has 68 valence electrons. The summed E-state index contributed by atoms with van der Waals surface area (Å²) in [4.78, 5) is 0. The highest BCUT2D eigenvalue weighted by Crippen LogP contribution is 2.18. The van der Waals surface area contributed by atoms with E-state index in [9.17, 15) is 0 Å². The van der Waals surface area contributed by atoms with Crippen molar-refractivity contribution in [2.45, 2.75) is 18.3 Å².